The van der Waals surface area contributed by atoms with Crippen LogP contribution in [0.4, 0.5) is 0 Å². The number of halogens is 1. The van der Waals surface area contributed by atoms with Crippen molar-refractivity contribution in [1.82, 2.24) is 10.0 Å². The first kappa shape index (κ1) is 15.0. The van der Waals surface area contributed by atoms with Crippen LogP contribution in [0.25, 0.3) is 0 Å². The summed E-state index contributed by atoms with van der Waals surface area (Å²) in [6.45, 7) is 4.55. The van der Waals surface area contributed by atoms with E-state index in [9.17, 15) is 8.42 Å². The summed E-state index contributed by atoms with van der Waals surface area (Å²) in [5, 5.41) is 3.19. The summed E-state index contributed by atoms with van der Waals surface area (Å²) in [7, 11) is -3.49. The summed E-state index contributed by atoms with van der Waals surface area (Å²) < 4.78 is 32.7. The minimum atomic E-state index is -3.49. The Kier molecular flexibility index (Phi) is 4.70. The first-order chi connectivity index (χ1) is 8.88. The second kappa shape index (κ2) is 5.95. The topological polar surface area (TPSA) is 71.3 Å². The van der Waals surface area contributed by atoms with Crippen molar-refractivity contribution >= 4 is 26.0 Å². The molecule has 0 atom stereocenters. The molecule has 1 fully saturated rings. The monoisotopic (exact) mass is 350 g/mol. The van der Waals surface area contributed by atoms with E-state index < -0.39 is 10.0 Å². The summed E-state index contributed by atoms with van der Waals surface area (Å²) in [6.07, 6.45) is 2.91. The van der Waals surface area contributed by atoms with E-state index in [1.807, 2.05) is 13.8 Å². The van der Waals surface area contributed by atoms with E-state index in [2.05, 4.69) is 26.0 Å². The van der Waals surface area contributed by atoms with Gasteiger partial charge in [0.2, 0.25) is 10.0 Å². The molecule has 1 aromatic heterocycles. The van der Waals surface area contributed by atoms with Crippen LogP contribution in [0, 0.1) is 0 Å². The lowest BCUT2D eigenvalue weighted by Crippen LogP contribution is -2.39. The highest BCUT2D eigenvalue weighted by atomic mass is 79.9. The molecule has 7 heteroatoms. The lowest BCUT2D eigenvalue weighted by Gasteiger charge is -2.25. The number of hydrogen-bond acceptors (Lipinski definition) is 4. The second-order valence-corrected chi connectivity index (χ2v) is 7.54. The van der Waals surface area contributed by atoms with Crippen LogP contribution in [0.3, 0.4) is 0 Å². The van der Waals surface area contributed by atoms with Crippen LogP contribution in [-0.2, 0) is 16.6 Å². The summed E-state index contributed by atoms with van der Waals surface area (Å²) in [5.74, 6) is 0.606. The molecule has 108 valence electrons. The Labute approximate surface area is 122 Å². The van der Waals surface area contributed by atoms with Gasteiger partial charge in [-0.3, -0.25) is 0 Å². The van der Waals surface area contributed by atoms with Crippen molar-refractivity contribution in [2.45, 2.75) is 56.6 Å². The quantitative estimate of drug-likeness (QED) is 0.826. The van der Waals surface area contributed by atoms with E-state index in [-0.39, 0.29) is 15.6 Å². The summed E-state index contributed by atoms with van der Waals surface area (Å²) >= 11 is 3.18. The third kappa shape index (κ3) is 3.81. The van der Waals surface area contributed by atoms with Crippen molar-refractivity contribution in [1.29, 1.82) is 0 Å². The van der Waals surface area contributed by atoms with Gasteiger partial charge >= 0.3 is 0 Å². The standard InChI is InChI=1S/C12H19BrN2O3S/c1-8(2)14-7-10-6-11(12(13)18-10)19(16,17)15-9-4-3-5-9/h6,8-9,14-15H,3-5,7H2,1-2H3. The molecule has 0 aliphatic heterocycles. The van der Waals surface area contributed by atoms with Gasteiger partial charge in [-0.1, -0.05) is 20.3 Å². The molecule has 0 amide bonds. The van der Waals surface area contributed by atoms with Crippen LogP contribution >= 0.6 is 15.9 Å². The highest BCUT2D eigenvalue weighted by Crippen LogP contribution is 2.28. The van der Waals surface area contributed by atoms with Crippen LogP contribution in [0.15, 0.2) is 20.0 Å². The van der Waals surface area contributed by atoms with Crippen LogP contribution in [-0.4, -0.2) is 20.5 Å². The minimum absolute atomic E-state index is 0.0732. The molecule has 0 saturated heterocycles. The summed E-state index contributed by atoms with van der Waals surface area (Å²) in [4.78, 5) is 0.181. The largest absolute Gasteiger partial charge is 0.452 e. The normalized spacial score (nSPS) is 16.8. The van der Waals surface area contributed by atoms with Crippen LogP contribution in [0.2, 0.25) is 0 Å². The number of sulfonamides is 1. The highest BCUT2D eigenvalue weighted by Gasteiger charge is 2.28. The third-order valence-corrected chi connectivity index (χ3v) is 5.48. The average molecular weight is 351 g/mol. The van der Waals surface area contributed by atoms with Crippen molar-refractivity contribution in [3.05, 3.63) is 16.5 Å². The predicted octanol–water partition coefficient (Wildman–Crippen LogP) is 2.37. The molecule has 1 saturated carbocycles. The van der Waals surface area contributed by atoms with Crippen molar-refractivity contribution in [2.24, 2.45) is 0 Å². The van der Waals surface area contributed by atoms with Gasteiger partial charge in [-0.25, -0.2) is 13.1 Å². The van der Waals surface area contributed by atoms with E-state index in [1.54, 1.807) is 6.07 Å². The maximum atomic E-state index is 12.2. The number of rotatable bonds is 6. The molecule has 5 nitrogen and oxygen atoms in total. The molecule has 0 aromatic carbocycles. The van der Waals surface area contributed by atoms with E-state index >= 15 is 0 Å². The number of nitrogens with one attached hydrogen (secondary N) is 2. The van der Waals surface area contributed by atoms with Gasteiger partial charge in [0.05, 0.1) is 6.54 Å². The van der Waals surface area contributed by atoms with Gasteiger partial charge in [-0.15, -0.1) is 0 Å². The summed E-state index contributed by atoms with van der Waals surface area (Å²) in [5.41, 5.74) is 0. The van der Waals surface area contributed by atoms with Crippen molar-refractivity contribution in [3.63, 3.8) is 0 Å². The number of furan rings is 1. The first-order valence-corrected chi connectivity index (χ1v) is 8.70. The van der Waals surface area contributed by atoms with Gasteiger partial charge in [0.15, 0.2) is 4.67 Å². The van der Waals surface area contributed by atoms with E-state index in [0.717, 1.165) is 19.3 Å². The molecule has 1 aliphatic carbocycles. The average Bonchev–Trinajstić information content (AvgIpc) is 2.63. The molecular formula is C12H19BrN2O3S. The molecule has 0 radical (unpaired) electrons. The number of hydrogen-bond donors (Lipinski definition) is 2. The molecule has 2 rings (SSSR count). The first-order valence-electron chi connectivity index (χ1n) is 6.42. The van der Waals surface area contributed by atoms with Gasteiger partial charge < -0.3 is 9.73 Å². The molecule has 19 heavy (non-hydrogen) atoms. The van der Waals surface area contributed by atoms with E-state index in [4.69, 9.17) is 4.42 Å². The second-order valence-electron chi connectivity index (χ2n) is 5.14. The fraction of sp³-hybridized carbons (Fsp3) is 0.667. The zero-order valence-electron chi connectivity index (χ0n) is 11.1. The molecule has 0 unspecified atom stereocenters. The molecule has 1 aliphatic rings. The Bertz CT molecular complexity index is 535. The molecule has 1 heterocycles. The zero-order chi connectivity index (χ0) is 14.0. The molecule has 0 spiro atoms. The Balaban J connectivity index is 2.10. The Morgan fingerprint density at radius 2 is 2.16 bits per heavy atom. The van der Waals surface area contributed by atoms with Crippen LogP contribution in [0.1, 0.15) is 38.9 Å². The van der Waals surface area contributed by atoms with Gasteiger partial charge in [0.25, 0.3) is 0 Å². The maximum absolute atomic E-state index is 12.2. The van der Waals surface area contributed by atoms with Crippen molar-refractivity contribution in [3.8, 4) is 0 Å². The van der Waals surface area contributed by atoms with E-state index in [0.29, 0.717) is 18.3 Å². The predicted molar refractivity (Wildman–Crippen MR) is 76.3 cm³/mol. The Morgan fingerprint density at radius 3 is 2.68 bits per heavy atom. The molecule has 1 aromatic rings. The third-order valence-electron chi connectivity index (χ3n) is 3.11. The summed E-state index contributed by atoms with van der Waals surface area (Å²) in [6, 6.07) is 1.96. The van der Waals surface area contributed by atoms with E-state index in [1.165, 1.54) is 0 Å². The lowest BCUT2D eigenvalue weighted by atomic mass is 9.94. The van der Waals surface area contributed by atoms with Gasteiger partial charge in [0.1, 0.15) is 10.7 Å². The fourth-order valence-corrected chi connectivity index (χ4v) is 4.08. The van der Waals surface area contributed by atoms with Crippen molar-refractivity contribution < 1.29 is 12.8 Å². The molecule has 2 N–H and O–H groups in total. The fourth-order valence-electron chi connectivity index (χ4n) is 1.78. The van der Waals surface area contributed by atoms with Crippen LogP contribution in [0.5, 0.6) is 0 Å². The smallest absolute Gasteiger partial charge is 0.245 e. The molecular weight excluding hydrogens is 332 g/mol. The van der Waals surface area contributed by atoms with Crippen LogP contribution < -0.4 is 10.0 Å². The minimum Gasteiger partial charge on any atom is -0.452 e. The van der Waals surface area contributed by atoms with Gasteiger partial charge in [-0.2, -0.15) is 0 Å². The van der Waals surface area contributed by atoms with Gasteiger partial charge in [0, 0.05) is 18.2 Å². The van der Waals surface area contributed by atoms with Gasteiger partial charge in [-0.05, 0) is 28.8 Å². The Morgan fingerprint density at radius 1 is 1.47 bits per heavy atom. The highest BCUT2D eigenvalue weighted by molar-refractivity contribution is 9.10. The maximum Gasteiger partial charge on any atom is 0.245 e. The zero-order valence-corrected chi connectivity index (χ0v) is 13.5. The van der Waals surface area contributed by atoms with Crippen molar-refractivity contribution in [2.75, 3.05) is 0 Å². The SMILES string of the molecule is CC(C)NCc1cc(S(=O)(=O)NC2CCC2)c(Br)o1. The Hall–Kier alpha value is -0.370. The molecule has 0 bridgehead atoms. The lowest BCUT2D eigenvalue weighted by molar-refractivity contribution is 0.383.